The summed E-state index contributed by atoms with van der Waals surface area (Å²) in [5.41, 5.74) is 2.10. The van der Waals surface area contributed by atoms with Crippen LogP contribution in [0.1, 0.15) is 25.0 Å². The first kappa shape index (κ1) is 18.6. The first-order chi connectivity index (χ1) is 11.5. The summed E-state index contributed by atoms with van der Waals surface area (Å²) in [7, 11) is -1.86. The van der Waals surface area contributed by atoms with Gasteiger partial charge in [0.15, 0.2) is 0 Å². The van der Waals surface area contributed by atoms with Crippen molar-refractivity contribution in [1.82, 2.24) is 9.21 Å². The van der Waals surface area contributed by atoms with Gasteiger partial charge in [-0.05, 0) is 36.3 Å². The third-order valence-corrected chi connectivity index (χ3v) is 6.00. The van der Waals surface area contributed by atoms with Crippen LogP contribution in [0.15, 0.2) is 59.5 Å². The fraction of sp³-hybridized carbons (Fsp3) is 0.368. The molecule has 0 saturated heterocycles. The number of hydrogen-bond donors (Lipinski definition) is 0. The van der Waals surface area contributed by atoms with Gasteiger partial charge in [0.2, 0.25) is 10.0 Å². The van der Waals surface area contributed by atoms with E-state index in [-0.39, 0.29) is 0 Å². The van der Waals surface area contributed by atoms with Gasteiger partial charge in [-0.25, -0.2) is 8.42 Å². The Hall–Kier alpha value is -1.69. The molecule has 2 rings (SSSR count). The number of rotatable bonds is 8. The van der Waals surface area contributed by atoms with E-state index in [2.05, 4.69) is 18.7 Å². The van der Waals surface area contributed by atoms with Crippen molar-refractivity contribution in [3.8, 4) is 0 Å². The van der Waals surface area contributed by atoms with Gasteiger partial charge < -0.3 is 0 Å². The average Bonchev–Trinajstić information content (AvgIpc) is 2.61. The molecule has 0 aliphatic rings. The van der Waals surface area contributed by atoms with Gasteiger partial charge in [-0.15, -0.1) is 0 Å². The Morgan fingerprint density at radius 1 is 0.792 bits per heavy atom. The molecule has 4 nitrogen and oxygen atoms in total. The van der Waals surface area contributed by atoms with Crippen molar-refractivity contribution in [3.63, 3.8) is 0 Å². The maximum absolute atomic E-state index is 12.7. The topological polar surface area (TPSA) is 40.6 Å². The summed E-state index contributed by atoms with van der Waals surface area (Å²) in [6.07, 6.45) is 0. The molecule has 0 aliphatic heterocycles. The van der Waals surface area contributed by atoms with E-state index >= 15 is 0 Å². The van der Waals surface area contributed by atoms with E-state index in [4.69, 9.17) is 0 Å². The zero-order chi connectivity index (χ0) is 17.6. The molecule has 0 spiro atoms. The first-order valence-corrected chi connectivity index (χ1v) is 9.73. The van der Waals surface area contributed by atoms with E-state index in [0.717, 1.165) is 30.8 Å². The van der Waals surface area contributed by atoms with Crippen molar-refractivity contribution in [2.45, 2.75) is 31.8 Å². The van der Waals surface area contributed by atoms with Crippen molar-refractivity contribution in [1.29, 1.82) is 0 Å². The van der Waals surface area contributed by atoms with E-state index in [9.17, 15) is 8.42 Å². The molecule has 0 N–H and O–H groups in total. The third kappa shape index (κ3) is 4.66. The summed E-state index contributed by atoms with van der Waals surface area (Å²) in [6.45, 7) is 7.42. The largest absolute Gasteiger partial charge is 0.300 e. The minimum Gasteiger partial charge on any atom is -0.300 e. The second kappa shape index (κ2) is 8.42. The van der Waals surface area contributed by atoms with E-state index in [1.54, 1.807) is 19.2 Å². The highest BCUT2D eigenvalue weighted by Crippen LogP contribution is 2.18. The lowest BCUT2D eigenvalue weighted by molar-refractivity contribution is 0.296. The standard InChI is InChI=1S/C19H26N2O2S/c1-4-21(5-2)16-18-11-13-19(14-12-18)24(22,23)20(3)15-17-9-7-6-8-10-17/h6-14H,4-5,15-16H2,1-3H3. The van der Waals surface area contributed by atoms with Crippen LogP contribution in [-0.2, 0) is 23.1 Å². The molecule has 0 saturated carbocycles. The van der Waals surface area contributed by atoms with Crippen LogP contribution < -0.4 is 0 Å². The number of hydrogen-bond acceptors (Lipinski definition) is 3. The Kier molecular flexibility index (Phi) is 6.54. The molecule has 24 heavy (non-hydrogen) atoms. The van der Waals surface area contributed by atoms with Gasteiger partial charge in [-0.1, -0.05) is 56.3 Å². The van der Waals surface area contributed by atoms with Gasteiger partial charge in [-0.2, -0.15) is 4.31 Å². The molecule has 0 aromatic heterocycles. The van der Waals surface area contributed by atoms with Crippen molar-refractivity contribution in [3.05, 3.63) is 65.7 Å². The second-order valence-corrected chi connectivity index (χ2v) is 7.90. The van der Waals surface area contributed by atoms with Gasteiger partial charge in [0.1, 0.15) is 0 Å². The highest BCUT2D eigenvalue weighted by molar-refractivity contribution is 7.89. The zero-order valence-electron chi connectivity index (χ0n) is 14.6. The van der Waals surface area contributed by atoms with Crippen molar-refractivity contribution in [2.75, 3.05) is 20.1 Å². The Morgan fingerprint density at radius 2 is 1.33 bits per heavy atom. The molecule has 5 heteroatoms. The molecule has 0 unspecified atom stereocenters. The second-order valence-electron chi connectivity index (χ2n) is 5.85. The third-order valence-electron chi connectivity index (χ3n) is 4.18. The molecule has 0 atom stereocenters. The highest BCUT2D eigenvalue weighted by Gasteiger charge is 2.20. The average molecular weight is 346 g/mol. The predicted octanol–water partition coefficient (Wildman–Crippen LogP) is 3.35. The van der Waals surface area contributed by atoms with E-state index in [1.807, 2.05) is 42.5 Å². The van der Waals surface area contributed by atoms with Crippen molar-refractivity contribution in [2.24, 2.45) is 0 Å². The molecule has 0 radical (unpaired) electrons. The van der Waals surface area contributed by atoms with E-state index in [1.165, 1.54) is 4.31 Å². The monoisotopic (exact) mass is 346 g/mol. The molecule has 2 aromatic rings. The lowest BCUT2D eigenvalue weighted by atomic mass is 10.2. The summed E-state index contributed by atoms with van der Waals surface area (Å²) < 4.78 is 26.8. The molecule has 2 aromatic carbocycles. The van der Waals surface area contributed by atoms with Crippen LogP contribution in [0.2, 0.25) is 0 Å². The molecular weight excluding hydrogens is 320 g/mol. The van der Waals surface area contributed by atoms with Gasteiger partial charge >= 0.3 is 0 Å². The van der Waals surface area contributed by atoms with Crippen LogP contribution in [0.4, 0.5) is 0 Å². The molecule has 130 valence electrons. The lowest BCUT2D eigenvalue weighted by Gasteiger charge is -2.19. The highest BCUT2D eigenvalue weighted by atomic mass is 32.2. The summed E-state index contributed by atoms with van der Waals surface area (Å²) in [5, 5.41) is 0. The molecule has 0 amide bonds. The molecule has 0 heterocycles. The van der Waals surface area contributed by atoms with Gasteiger partial charge in [0, 0.05) is 20.1 Å². The number of sulfonamides is 1. The Balaban J connectivity index is 2.11. The van der Waals surface area contributed by atoms with Crippen LogP contribution in [0.25, 0.3) is 0 Å². The van der Waals surface area contributed by atoms with Gasteiger partial charge in [-0.3, -0.25) is 4.90 Å². The maximum Gasteiger partial charge on any atom is 0.243 e. The Bertz CT molecular complexity index is 724. The van der Waals surface area contributed by atoms with Crippen molar-refractivity contribution < 1.29 is 8.42 Å². The summed E-state index contributed by atoms with van der Waals surface area (Å²) in [4.78, 5) is 2.63. The van der Waals surface area contributed by atoms with Crippen molar-refractivity contribution >= 4 is 10.0 Å². The minimum absolute atomic E-state index is 0.337. The SMILES string of the molecule is CCN(CC)Cc1ccc(S(=O)(=O)N(C)Cc2ccccc2)cc1. The predicted molar refractivity (Wildman–Crippen MR) is 98.2 cm³/mol. The molecular formula is C19H26N2O2S. The molecule has 0 bridgehead atoms. The van der Waals surface area contributed by atoms with Crippen LogP contribution in [0.5, 0.6) is 0 Å². The Morgan fingerprint density at radius 3 is 1.88 bits per heavy atom. The summed E-state index contributed by atoms with van der Waals surface area (Å²) in [6, 6.07) is 16.8. The number of benzene rings is 2. The van der Waals surface area contributed by atoms with E-state index < -0.39 is 10.0 Å². The van der Waals surface area contributed by atoms with Gasteiger partial charge in [0.05, 0.1) is 4.90 Å². The molecule has 0 fully saturated rings. The normalized spacial score (nSPS) is 12.0. The summed E-state index contributed by atoms with van der Waals surface area (Å²) in [5.74, 6) is 0. The number of nitrogens with zero attached hydrogens (tertiary/aromatic N) is 2. The fourth-order valence-electron chi connectivity index (χ4n) is 2.58. The molecule has 0 aliphatic carbocycles. The summed E-state index contributed by atoms with van der Waals surface area (Å²) >= 11 is 0. The van der Waals surface area contributed by atoms with Gasteiger partial charge in [0.25, 0.3) is 0 Å². The minimum atomic E-state index is -3.47. The van der Waals surface area contributed by atoms with Crippen LogP contribution >= 0.6 is 0 Å². The zero-order valence-corrected chi connectivity index (χ0v) is 15.5. The first-order valence-electron chi connectivity index (χ1n) is 8.29. The Labute approximate surface area is 145 Å². The van der Waals surface area contributed by atoms with E-state index in [0.29, 0.717) is 11.4 Å². The van der Waals surface area contributed by atoms with Crippen LogP contribution in [0.3, 0.4) is 0 Å². The quantitative estimate of drug-likeness (QED) is 0.736. The fourth-order valence-corrected chi connectivity index (χ4v) is 3.74. The lowest BCUT2D eigenvalue weighted by Crippen LogP contribution is -2.26. The van der Waals surface area contributed by atoms with Crippen LogP contribution in [0, 0.1) is 0 Å². The smallest absolute Gasteiger partial charge is 0.243 e. The van der Waals surface area contributed by atoms with Crippen LogP contribution in [-0.4, -0.2) is 37.8 Å². The maximum atomic E-state index is 12.7.